The van der Waals surface area contributed by atoms with E-state index in [4.69, 9.17) is 17.7 Å². The topological polar surface area (TPSA) is 66.4 Å². The van der Waals surface area contributed by atoms with Gasteiger partial charge in [0.15, 0.2) is 24.8 Å². The first kappa shape index (κ1) is 24.8. The fourth-order valence-corrected chi connectivity index (χ4v) is 4.50. The Hall–Kier alpha value is -2.49. The molecule has 3 aromatic rings. The molecule has 0 spiro atoms. The molecule has 0 bridgehead atoms. The Morgan fingerprint density at radius 3 is 1.55 bits per heavy atom. The molecule has 0 aliphatic carbocycles. The third-order valence-corrected chi connectivity index (χ3v) is 6.57. The second kappa shape index (κ2) is 11.2. The maximum absolute atomic E-state index is 10.7. The molecule has 0 aliphatic rings. The van der Waals surface area contributed by atoms with Gasteiger partial charge in [0.25, 0.3) is 0 Å². The van der Waals surface area contributed by atoms with E-state index < -0.39 is 15.6 Å². The van der Waals surface area contributed by atoms with Gasteiger partial charge in [-0.25, -0.2) is 8.42 Å². The zero-order chi connectivity index (χ0) is 22.9. The summed E-state index contributed by atoms with van der Waals surface area (Å²) in [4.78, 5) is 3.98. The number of hydrogen-bond donors (Lipinski definition) is 0. The Bertz CT molecular complexity index is 984. The average molecular weight is 471 g/mol. The standard InChI is InChI=1S/C21H21OS.CHF3O3S/c1-2-17-22-18-13-15-21(16-14-18)23(19-9-5-3-6-10-19)20-11-7-4-8-12-20;2-1(3,4)8(5,6)7/h3-16H,2,17H2,1H3;(H,5,6,7)/q+1;/p-1. The Kier molecular flexibility index (Phi) is 8.97. The first-order valence-electron chi connectivity index (χ1n) is 9.23. The van der Waals surface area contributed by atoms with E-state index in [-0.39, 0.29) is 10.9 Å². The van der Waals surface area contributed by atoms with Gasteiger partial charge in [-0.2, -0.15) is 13.2 Å². The minimum absolute atomic E-state index is 0.0842. The molecule has 0 amide bonds. The molecule has 0 heterocycles. The summed E-state index contributed by atoms with van der Waals surface area (Å²) in [6, 6.07) is 29.9. The smallest absolute Gasteiger partial charge is 0.485 e. The van der Waals surface area contributed by atoms with Gasteiger partial charge in [0.1, 0.15) is 5.75 Å². The maximum Gasteiger partial charge on any atom is 0.485 e. The predicted molar refractivity (Wildman–Crippen MR) is 113 cm³/mol. The molecule has 0 saturated heterocycles. The molecule has 0 aromatic heterocycles. The van der Waals surface area contributed by atoms with Crippen LogP contribution >= 0.6 is 0 Å². The third-order valence-electron chi connectivity index (χ3n) is 3.77. The molecular formula is C22H21F3O4S2. The van der Waals surface area contributed by atoms with Crippen molar-refractivity contribution in [3.05, 3.63) is 84.9 Å². The van der Waals surface area contributed by atoms with Crippen molar-refractivity contribution in [1.82, 2.24) is 0 Å². The van der Waals surface area contributed by atoms with Crippen LogP contribution in [-0.2, 0) is 21.0 Å². The van der Waals surface area contributed by atoms with Crippen molar-refractivity contribution in [2.45, 2.75) is 33.5 Å². The molecule has 166 valence electrons. The van der Waals surface area contributed by atoms with E-state index in [0.717, 1.165) is 18.8 Å². The molecule has 3 aromatic carbocycles. The van der Waals surface area contributed by atoms with Gasteiger partial charge in [-0.3, -0.25) is 0 Å². The summed E-state index contributed by atoms with van der Waals surface area (Å²) in [7, 11) is -6.17. The van der Waals surface area contributed by atoms with Crippen LogP contribution in [0.25, 0.3) is 0 Å². The Labute approximate surface area is 182 Å². The highest BCUT2D eigenvalue weighted by Gasteiger charge is 2.37. The van der Waals surface area contributed by atoms with E-state index in [1.54, 1.807) is 0 Å². The third kappa shape index (κ3) is 7.61. The summed E-state index contributed by atoms with van der Waals surface area (Å²) in [5.74, 6) is 0.945. The van der Waals surface area contributed by atoms with E-state index in [9.17, 15) is 13.2 Å². The quantitative estimate of drug-likeness (QED) is 0.266. The molecule has 3 rings (SSSR count). The highest BCUT2D eigenvalue weighted by atomic mass is 32.2. The van der Waals surface area contributed by atoms with Crippen LogP contribution in [0, 0.1) is 0 Å². The summed E-state index contributed by atoms with van der Waals surface area (Å²) in [6.45, 7) is 2.89. The molecule has 0 radical (unpaired) electrons. The average Bonchev–Trinajstić information content (AvgIpc) is 2.74. The second-order valence-corrected chi connectivity index (χ2v) is 9.55. The second-order valence-electron chi connectivity index (χ2n) is 6.15. The Balaban J connectivity index is 0.000000366. The Morgan fingerprint density at radius 1 is 0.806 bits per heavy atom. The van der Waals surface area contributed by atoms with Crippen molar-refractivity contribution in [1.29, 1.82) is 0 Å². The highest BCUT2D eigenvalue weighted by molar-refractivity contribution is 7.97. The molecule has 31 heavy (non-hydrogen) atoms. The monoisotopic (exact) mass is 470 g/mol. The zero-order valence-corrected chi connectivity index (χ0v) is 18.2. The fourth-order valence-electron chi connectivity index (χ4n) is 2.41. The van der Waals surface area contributed by atoms with Crippen molar-refractivity contribution in [2.24, 2.45) is 0 Å². The van der Waals surface area contributed by atoms with Gasteiger partial charge in [0.2, 0.25) is 0 Å². The van der Waals surface area contributed by atoms with Crippen LogP contribution in [0.2, 0.25) is 0 Å². The van der Waals surface area contributed by atoms with Crippen LogP contribution in [0.3, 0.4) is 0 Å². The van der Waals surface area contributed by atoms with Crippen LogP contribution < -0.4 is 4.74 Å². The van der Waals surface area contributed by atoms with Gasteiger partial charge in [0.05, 0.1) is 17.5 Å². The maximum atomic E-state index is 10.7. The van der Waals surface area contributed by atoms with Crippen molar-refractivity contribution < 1.29 is 30.9 Å². The fraction of sp³-hybridized carbons (Fsp3) is 0.182. The summed E-state index contributed by atoms with van der Waals surface area (Å²) >= 11 is 0. The molecule has 4 nitrogen and oxygen atoms in total. The number of hydrogen-bond acceptors (Lipinski definition) is 4. The van der Waals surface area contributed by atoms with Gasteiger partial charge >= 0.3 is 5.51 Å². The van der Waals surface area contributed by atoms with Crippen LogP contribution in [0.5, 0.6) is 5.75 Å². The lowest BCUT2D eigenvalue weighted by Crippen LogP contribution is -2.21. The zero-order valence-electron chi connectivity index (χ0n) is 16.6. The van der Waals surface area contributed by atoms with Crippen LogP contribution in [0.4, 0.5) is 13.2 Å². The Morgan fingerprint density at radius 2 is 1.19 bits per heavy atom. The van der Waals surface area contributed by atoms with Gasteiger partial charge < -0.3 is 9.29 Å². The van der Waals surface area contributed by atoms with E-state index in [0.29, 0.717) is 0 Å². The van der Waals surface area contributed by atoms with E-state index >= 15 is 0 Å². The lowest BCUT2D eigenvalue weighted by molar-refractivity contribution is -0.0517. The molecular weight excluding hydrogens is 449 g/mol. The lowest BCUT2D eigenvalue weighted by atomic mass is 10.3. The van der Waals surface area contributed by atoms with Crippen molar-refractivity contribution >= 4 is 21.0 Å². The van der Waals surface area contributed by atoms with Gasteiger partial charge in [-0.05, 0) is 55.0 Å². The van der Waals surface area contributed by atoms with Gasteiger partial charge in [-0.1, -0.05) is 43.3 Å². The molecule has 0 fully saturated rings. The molecule has 0 unspecified atom stereocenters. The molecule has 9 heteroatoms. The number of rotatable bonds is 6. The van der Waals surface area contributed by atoms with Crippen molar-refractivity contribution in [3.63, 3.8) is 0 Å². The van der Waals surface area contributed by atoms with Gasteiger partial charge in [-0.15, -0.1) is 0 Å². The normalized spacial score (nSPS) is 11.5. The highest BCUT2D eigenvalue weighted by Crippen LogP contribution is 2.31. The SMILES string of the molecule is CCCOc1ccc([S+](c2ccccc2)c2ccccc2)cc1.O=S(=O)([O-])C(F)(F)F. The minimum atomic E-state index is -6.09. The van der Waals surface area contributed by atoms with E-state index in [2.05, 4.69) is 91.9 Å². The van der Waals surface area contributed by atoms with E-state index in [1.807, 2.05) is 0 Å². The first-order valence-corrected chi connectivity index (χ1v) is 11.9. The molecule has 0 aliphatic heterocycles. The largest absolute Gasteiger partial charge is 0.741 e. The summed E-state index contributed by atoms with van der Waals surface area (Å²) < 4.78 is 64.6. The molecule has 0 saturated carbocycles. The van der Waals surface area contributed by atoms with E-state index in [1.165, 1.54) is 14.7 Å². The van der Waals surface area contributed by atoms with Crippen LogP contribution in [0.1, 0.15) is 13.3 Å². The van der Waals surface area contributed by atoms with Crippen LogP contribution in [-0.4, -0.2) is 25.1 Å². The lowest BCUT2D eigenvalue weighted by Gasteiger charge is -2.09. The number of alkyl halides is 3. The number of ether oxygens (including phenoxy) is 1. The molecule has 0 N–H and O–H groups in total. The first-order chi connectivity index (χ1) is 14.6. The summed E-state index contributed by atoms with van der Waals surface area (Å²) in [5.41, 5.74) is -5.65. The minimum Gasteiger partial charge on any atom is -0.741 e. The molecule has 0 atom stereocenters. The number of benzene rings is 3. The summed E-state index contributed by atoms with van der Waals surface area (Å²) in [5, 5.41) is 0. The van der Waals surface area contributed by atoms with Gasteiger partial charge in [0, 0.05) is 0 Å². The van der Waals surface area contributed by atoms with Crippen molar-refractivity contribution in [2.75, 3.05) is 6.61 Å². The number of halogens is 3. The summed E-state index contributed by atoms with van der Waals surface area (Å²) in [6.07, 6.45) is 1.03. The van der Waals surface area contributed by atoms with Crippen LogP contribution in [0.15, 0.2) is 99.6 Å². The van der Waals surface area contributed by atoms with Crippen molar-refractivity contribution in [3.8, 4) is 5.75 Å². The predicted octanol–water partition coefficient (Wildman–Crippen LogP) is 5.62.